The average Bonchev–Trinajstić information content (AvgIpc) is 2.60. The van der Waals surface area contributed by atoms with E-state index in [1.807, 2.05) is 0 Å². The fourth-order valence-electron chi connectivity index (χ4n) is 1.96. The summed E-state index contributed by atoms with van der Waals surface area (Å²) >= 11 is 0. The van der Waals surface area contributed by atoms with Crippen LogP contribution < -0.4 is 0 Å². The Morgan fingerprint density at radius 2 is 1.20 bits per heavy atom. The van der Waals surface area contributed by atoms with Crippen molar-refractivity contribution in [2.24, 2.45) is 0 Å². The molecule has 0 aliphatic rings. The van der Waals surface area contributed by atoms with Crippen molar-refractivity contribution in [1.82, 2.24) is 0 Å². The molecule has 30 heavy (non-hydrogen) atoms. The molecule has 0 bridgehead atoms. The van der Waals surface area contributed by atoms with Gasteiger partial charge in [-0.2, -0.15) is 26.3 Å². The minimum absolute atomic E-state index is 0.0106. The summed E-state index contributed by atoms with van der Waals surface area (Å²) in [5, 5.41) is 8.37. The summed E-state index contributed by atoms with van der Waals surface area (Å²) in [5.41, 5.74) is -3.70. The average molecular weight is 444 g/mol. The lowest BCUT2D eigenvalue weighted by Gasteiger charge is -2.08. The van der Waals surface area contributed by atoms with Gasteiger partial charge in [0.1, 0.15) is 11.6 Å². The molecule has 4 nitrogen and oxygen atoms in total. The molecule has 0 saturated heterocycles. The van der Waals surface area contributed by atoms with E-state index in [1.165, 1.54) is 6.92 Å². The Labute approximate surface area is 163 Å². The molecule has 164 valence electrons. The van der Waals surface area contributed by atoms with Gasteiger partial charge in [0.2, 0.25) is 0 Å². The zero-order valence-electron chi connectivity index (χ0n) is 14.9. The van der Waals surface area contributed by atoms with Crippen LogP contribution in [-0.4, -0.2) is 23.7 Å². The number of aromatic carboxylic acids is 1. The quantitative estimate of drug-likeness (QED) is 0.497. The molecule has 0 heterocycles. The molecule has 2 aromatic rings. The number of halogens is 8. The van der Waals surface area contributed by atoms with Gasteiger partial charge in [-0.1, -0.05) is 0 Å². The number of hydrogen-bond acceptors (Lipinski definition) is 3. The lowest BCUT2D eigenvalue weighted by Crippen LogP contribution is -2.10. The molecule has 2 rings (SSSR count). The van der Waals surface area contributed by atoms with Gasteiger partial charge in [0, 0.05) is 0 Å². The van der Waals surface area contributed by atoms with Gasteiger partial charge in [-0.15, -0.1) is 0 Å². The minimum atomic E-state index is -4.74. The number of alkyl halides is 6. The summed E-state index contributed by atoms with van der Waals surface area (Å²) in [4.78, 5) is 21.4. The number of carbonyl (C=O) groups is 2. The summed E-state index contributed by atoms with van der Waals surface area (Å²) in [6, 6.07) is 2.73. The second-order valence-electron chi connectivity index (χ2n) is 5.48. The fourth-order valence-corrected chi connectivity index (χ4v) is 1.96. The number of rotatable bonds is 3. The van der Waals surface area contributed by atoms with Crippen molar-refractivity contribution in [2.75, 3.05) is 6.61 Å². The van der Waals surface area contributed by atoms with Gasteiger partial charge in [0.05, 0.1) is 28.9 Å². The maximum atomic E-state index is 12.9. The number of hydrogen-bond donors (Lipinski definition) is 1. The largest absolute Gasteiger partial charge is 0.478 e. The first kappa shape index (κ1) is 24.9. The van der Waals surface area contributed by atoms with Crippen molar-refractivity contribution >= 4 is 11.9 Å². The van der Waals surface area contributed by atoms with Crippen molar-refractivity contribution in [3.8, 4) is 0 Å². The van der Waals surface area contributed by atoms with E-state index in [2.05, 4.69) is 4.74 Å². The Morgan fingerprint density at radius 1 is 0.800 bits per heavy atom. The summed E-state index contributed by atoms with van der Waals surface area (Å²) in [6.07, 6.45) is -9.43. The summed E-state index contributed by atoms with van der Waals surface area (Å²) in [5.74, 6) is -4.93. The van der Waals surface area contributed by atoms with Gasteiger partial charge in [0.25, 0.3) is 0 Å². The van der Waals surface area contributed by atoms with E-state index in [4.69, 9.17) is 5.11 Å². The van der Waals surface area contributed by atoms with E-state index in [0.717, 1.165) is 0 Å². The smallest absolute Gasteiger partial charge is 0.416 e. The van der Waals surface area contributed by atoms with Gasteiger partial charge in [-0.3, -0.25) is 0 Å². The van der Waals surface area contributed by atoms with Crippen molar-refractivity contribution in [2.45, 2.75) is 19.3 Å². The molecule has 0 aromatic heterocycles. The molecule has 0 saturated carbocycles. The third-order valence-corrected chi connectivity index (χ3v) is 3.21. The van der Waals surface area contributed by atoms with E-state index in [9.17, 15) is 44.7 Å². The van der Waals surface area contributed by atoms with Crippen LogP contribution in [0, 0.1) is 11.6 Å². The highest BCUT2D eigenvalue weighted by molar-refractivity contribution is 5.89. The first-order valence-corrected chi connectivity index (χ1v) is 7.81. The van der Waals surface area contributed by atoms with Gasteiger partial charge in [-0.25, -0.2) is 18.4 Å². The van der Waals surface area contributed by atoms with Crippen molar-refractivity contribution < 1.29 is 54.6 Å². The third-order valence-electron chi connectivity index (χ3n) is 3.21. The van der Waals surface area contributed by atoms with Crippen molar-refractivity contribution in [3.63, 3.8) is 0 Å². The van der Waals surface area contributed by atoms with Gasteiger partial charge in [0.15, 0.2) is 0 Å². The van der Waals surface area contributed by atoms with Crippen LogP contribution in [0.15, 0.2) is 36.4 Å². The molecular formula is C18H12F8O4. The molecule has 0 atom stereocenters. The van der Waals surface area contributed by atoms with Crippen LogP contribution in [0.3, 0.4) is 0 Å². The summed E-state index contributed by atoms with van der Waals surface area (Å²) in [6.45, 7) is 1.51. The lowest BCUT2D eigenvalue weighted by atomic mass is 10.1. The number of carboxylic acids is 1. The van der Waals surface area contributed by atoms with E-state index in [-0.39, 0.29) is 12.7 Å². The highest BCUT2D eigenvalue weighted by atomic mass is 19.4. The number of carbonyl (C=O) groups excluding carboxylic acids is 1. The number of esters is 1. The van der Waals surface area contributed by atoms with E-state index < -0.39 is 58.2 Å². The first-order chi connectivity index (χ1) is 13.6. The highest BCUT2D eigenvalue weighted by Crippen LogP contribution is 2.31. The second kappa shape index (κ2) is 9.55. The summed E-state index contributed by atoms with van der Waals surface area (Å²) in [7, 11) is 0. The van der Waals surface area contributed by atoms with Crippen LogP contribution in [0.5, 0.6) is 0 Å². The molecular weight excluding hydrogens is 432 g/mol. The molecule has 0 amide bonds. The molecule has 0 spiro atoms. The number of ether oxygens (including phenoxy) is 1. The van der Waals surface area contributed by atoms with Crippen LogP contribution in [-0.2, 0) is 17.1 Å². The van der Waals surface area contributed by atoms with Gasteiger partial charge < -0.3 is 9.84 Å². The molecule has 1 N–H and O–H groups in total. The van der Waals surface area contributed by atoms with E-state index in [1.54, 1.807) is 0 Å². The Balaban J connectivity index is 0.000000303. The monoisotopic (exact) mass is 444 g/mol. The standard InChI is InChI=1S/C10H8F4O2.C8H4F4O2/c1-2-16-9(15)6-3-7(10(12,13)14)5-8(11)4-6;9-6-2-4(7(13)14)1-5(3-6)8(10,11)12/h3-5H,2H2,1H3;1-3H,(H,13,14). The maximum Gasteiger partial charge on any atom is 0.416 e. The van der Waals surface area contributed by atoms with E-state index >= 15 is 0 Å². The van der Waals surface area contributed by atoms with Crippen molar-refractivity contribution in [3.05, 3.63) is 70.3 Å². The predicted molar refractivity (Wildman–Crippen MR) is 85.7 cm³/mol. The molecule has 0 fully saturated rings. The summed E-state index contributed by atoms with van der Waals surface area (Å²) < 4.78 is 103. The zero-order valence-corrected chi connectivity index (χ0v) is 14.9. The van der Waals surface area contributed by atoms with Gasteiger partial charge in [-0.05, 0) is 43.3 Å². The molecule has 2 aromatic carbocycles. The second-order valence-corrected chi connectivity index (χ2v) is 5.48. The molecule has 0 aliphatic heterocycles. The molecule has 0 unspecified atom stereocenters. The lowest BCUT2D eigenvalue weighted by molar-refractivity contribution is -0.138. The van der Waals surface area contributed by atoms with Crippen LogP contribution in [0.2, 0.25) is 0 Å². The highest BCUT2D eigenvalue weighted by Gasteiger charge is 2.32. The molecule has 0 radical (unpaired) electrons. The zero-order chi connectivity index (χ0) is 23.3. The Kier molecular flexibility index (Phi) is 7.91. The molecule has 0 aliphatic carbocycles. The van der Waals surface area contributed by atoms with E-state index in [0.29, 0.717) is 30.3 Å². The van der Waals surface area contributed by atoms with Crippen molar-refractivity contribution in [1.29, 1.82) is 0 Å². The predicted octanol–water partition coefficient (Wildman–Crippen LogP) is 5.56. The van der Waals surface area contributed by atoms with Crippen LogP contribution in [0.1, 0.15) is 38.8 Å². The Bertz CT molecular complexity index is 919. The third kappa shape index (κ3) is 7.33. The fraction of sp³-hybridized carbons (Fsp3) is 0.222. The maximum absolute atomic E-state index is 12.9. The number of carboxylic acid groups (broad SMARTS) is 1. The normalized spacial score (nSPS) is 11.4. The van der Waals surface area contributed by atoms with Crippen LogP contribution in [0.25, 0.3) is 0 Å². The van der Waals surface area contributed by atoms with Gasteiger partial charge >= 0.3 is 24.3 Å². The Hall–Kier alpha value is -3.18. The topological polar surface area (TPSA) is 63.6 Å². The minimum Gasteiger partial charge on any atom is -0.478 e. The number of benzene rings is 2. The molecule has 12 heteroatoms. The van der Waals surface area contributed by atoms with Crippen LogP contribution in [0.4, 0.5) is 35.1 Å². The SMILES string of the molecule is CCOC(=O)c1cc(F)cc(C(F)(F)F)c1.O=C(O)c1cc(F)cc(C(F)(F)F)c1. The Morgan fingerprint density at radius 3 is 1.57 bits per heavy atom. The first-order valence-electron chi connectivity index (χ1n) is 7.81. The van der Waals surface area contributed by atoms with Crippen LogP contribution >= 0.6 is 0 Å².